The number of hydrogen-bond acceptors (Lipinski definition) is 4. The third-order valence-corrected chi connectivity index (χ3v) is 5.79. The second-order valence-corrected chi connectivity index (χ2v) is 7.08. The molecule has 4 unspecified atom stereocenters. The van der Waals surface area contributed by atoms with Crippen molar-refractivity contribution in [1.29, 1.82) is 0 Å². The van der Waals surface area contributed by atoms with Gasteiger partial charge in [-0.25, -0.2) is 0 Å². The second kappa shape index (κ2) is 5.95. The van der Waals surface area contributed by atoms with Gasteiger partial charge < -0.3 is 21.3 Å². The Morgan fingerprint density at radius 1 is 1.19 bits per heavy atom. The van der Waals surface area contributed by atoms with Gasteiger partial charge in [0.05, 0.1) is 11.5 Å². The van der Waals surface area contributed by atoms with Crippen LogP contribution in [-0.2, 0) is 20.6 Å². The van der Waals surface area contributed by atoms with Gasteiger partial charge in [0.25, 0.3) is 0 Å². The number of carboxylic acid groups (broad SMARTS) is 2. The molecule has 27 heavy (non-hydrogen) atoms. The molecule has 4 atom stereocenters. The molecule has 0 aromatic heterocycles. The number of hydrogen-bond donors (Lipinski definition) is 4. The summed E-state index contributed by atoms with van der Waals surface area (Å²) in [5, 5.41) is 21.2. The summed E-state index contributed by atoms with van der Waals surface area (Å²) in [7, 11) is 0. The summed E-state index contributed by atoms with van der Waals surface area (Å²) in [6, 6.07) is 3.74. The summed E-state index contributed by atoms with van der Waals surface area (Å²) in [6.07, 6.45) is -4.60. The highest BCUT2D eigenvalue weighted by Crippen LogP contribution is 2.73. The van der Waals surface area contributed by atoms with E-state index in [9.17, 15) is 37.8 Å². The van der Waals surface area contributed by atoms with Crippen molar-refractivity contribution in [3.63, 3.8) is 0 Å². The third kappa shape index (κ3) is 2.84. The molecule has 0 saturated heterocycles. The van der Waals surface area contributed by atoms with Crippen molar-refractivity contribution in [1.82, 2.24) is 0 Å². The Morgan fingerprint density at radius 3 is 2.22 bits per heavy atom. The normalized spacial score (nSPS) is 31.9. The van der Waals surface area contributed by atoms with E-state index in [-0.39, 0.29) is 18.5 Å². The van der Waals surface area contributed by atoms with Gasteiger partial charge in [0, 0.05) is 17.5 Å². The molecule has 146 valence electrons. The smallest absolute Gasteiger partial charge is 0.416 e. The molecule has 2 aliphatic carbocycles. The predicted octanol–water partition coefficient (Wildman–Crippen LogP) is 1.93. The number of benzene rings is 1. The summed E-state index contributed by atoms with van der Waals surface area (Å²) in [6.45, 7) is 0. The van der Waals surface area contributed by atoms with Crippen molar-refractivity contribution in [2.24, 2.45) is 23.0 Å². The first-order chi connectivity index (χ1) is 12.4. The number of nitrogens with two attached hydrogens (primary N) is 1. The van der Waals surface area contributed by atoms with Gasteiger partial charge in [0.2, 0.25) is 5.91 Å². The van der Waals surface area contributed by atoms with Crippen LogP contribution >= 0.6 is 0 Å². The first kappa shape index (κ1) is 19.2. The molecule has 0 aliphatic heterocycles. The van der Waals surface area contributed by atoms with E-state index < -0.39 is 58.8 Å². The fraction of sp³-hybridized carbons (Fsp3) is 0.471. The van der Waals surface area contributed by atoms with Gasteiger partial charge in [-0.05, 0) is 43.0 Å². The molecule has 0 heterocycles. The minimum atomic E-state index is -4.51. The van der Waals surface area contributed by atoms with Crippen LogP contribution in [0, 0.1) is 17.3 Å². The zero-order valence-electron chi connectivity index (χ0n) is 13.9. The molecule has 3 rings (SSSR count). The first-order valence-corrected chi connectivity index (χ1v) is 8.15. The number of carbonyl (C=O) groups is 3. The van der Waals surface area contributed by atoms with Gasteiger partial charge in [-0.2, -0.15) is 13.2 Å². The Kier molecular flexibility index (Phi) is 4.22. The second-order valence-electron chi connectivity index (χ2n) is 7.08. The molecule has 5 N–H and O–H groups in total. The molecule has 2 saturated carbocycles. The van der Waals surface area contributed by atoms with Crippen LogP contribution in [0.1, 0.15) is 24.8 Å². The number of anilines is 1. The van der Waals surface area contributed by atoms with E-state index in [1.807, 2.05) is 0 Å². The number of carbonyl (C=O) groups excluding carboxylic acids is 1. The highest BCUT2D eigenvalue weighted by atomic mass is 19.4. The van der Waals surface area contributed by atoms with Crippen LogP contribution in [0.3, 0.4) is 0 Å². The van der Waals surface area contributed by atoms with E-state index in [1.165, 1.54) is 0 Å². The topological polar surface area (TPSA) is 130 Å². The summed E-state index contributed by atoms with van der Waals surface area (Å²) < 4.78 is 37.7. The Labute approximate surface area is 151 Å². The number of rotatable bonds is 5. The van der Waals surface area contributed by atoms with Crippen molar-refractivity contribution in [3.8, 4) is 0 Å². The van der Waals surface area contributed by atoms with Crippen LogP contribution in [0.25, 0.3) is 0 Å². The molecule has 7 nitrogen and oxygen atoms in total. The summed E-state index contributed by atoms with van der Waals surface area (Å²) in [5.41, 5.74) is 1.96. The van der Waals surface area contributed by atoms with Gasteiger partial charge in [-0.15, -0.1) is 0 Å². The Morgan fingerprint density at radius 2 is 1.78 bits per heavy atom. The first-order valence-electron chi connectivity index (χ1n) is 8.15. The minimum absolute atomic E-state index is 0.0599. The number of alkyl halides is 3. The standard InChI is InChI=1S/C17H17F3N2O5/c18-17(19,20)8-1-3-9(4-2-8)22-11(23)7-15-10(12(15)13(24)25)5-6-16(15,21)14(26)27/h1-4,10,12H,5-7,21H2,(H,22,23)(H,24,25)(H,26,27). The Bertz CT molecular complexity index is 810. The fourth-order valence-corrected chi connectivity index (χ4v) is 4.48. The molecule has 1 aromatic rings. The zero-order chi connectivity index (χ0) is 20.2. The lowest BCUT2D eigenvalue weighted by atomic mass is 9.77. The molecule has 0 spiro atoms. The number of amides is 1. The maximum absolute atomic E-state index is 12.6. The molecule has 10 heteroatoms. The van der Waals surface area contributed by atoms with E-state index in [2.05, 4.69) is 5.32 Å². The molecule has 2 aliphatic rings. The third-order valence-electron chi connectivity index (χ3n) is 5.79. The largest absolute Gasteiger partial charge is 0.481 e. The van der Waals surface area contributed by atoms with E-state index in [0.717, 1.165) is 24.3 Å². The monoisotopic (exact) mass is 386 g/mol. The molecule has 0 bridgehead atoms. The van der Waals surface area contributed by atoms with Crippen LogP contribution in [0.2, 0.25) is 0 Å². The van der Waals surface area contributed by atoms with Gasteiger partial charge in [-0.3, -0.25) is 14.4 Å². The van der Waals surface area contributed by atoms with Crippen LogP contribution in [0.5, 0.6) is 0 Å². The number of halogens is 3. The number of fused-ring (bicyclic) bond motifs is 1. The number of carboxylic acids is 2. The van der Waals surface area contributed by atoms with Crippen molar-refractivity contribution in [2.45, 2.75) is 31.0 Å². The summed E-state index contributed by atoms with van der Waals surface area (Å²) >= 11 is 0. The molecular formula is C17H17F3N2O5. The van der Waals surface area contributed by atoms with E-state index in [1.54, 1.807) is 0 Å². The van der Waals surface area contributed by atoms with Gasteiger partial charge in [0.15, 0.2) is 0 Å². The lowest BCUT2D eigenvalue weighted by Gasteiger charge is -2.31. The molecular weight excluding hydrogens is 369 g/mol. The van der Waals surface area contributed by atoms with Crippen molar-refractivity contribution in [2.75, 3.05) is 5.32 Å². The molecule has 2 fully saturated rings. The van der Waals surface area contributed by atoms with Crippen molar-refractivity contribution in [3.05, 3.63) is 29.8 Å². The molecule has 1 amide bonds. The SMILES string of the molecule is NC1(C(=O)O)CCC2C(C(=O)O)C21CC(=O)Nc1ccc(C(F)(F)F)cc1. The predicted molar refractivity (Wildman–Crippen MR) is 85.5 cm³/mol. The Hall–Kier alpha value is -2.62. The molecule has 0 radical (unpaired) electrons. The van der Waals surface area contributed by atoms with E-state index in [0.29, 0.717) is 0 Å². The number of nitrogens with one attached hydrogen (secondary N) is 1. The van der Waals surface area contributed by atoms with Crippen molar-refractivity contribution >= 4 is 23.5 Å². The summed E-state index contributed by atoms with van der Waals surface area (Å²) in [5.74, 6) is -4.82. The van der Waals surface area contributed by atoms with Gasteiger partial charge in [-0.1, -0.05) is 0 Å². The van der Waals surface area contributed by atoms with Crippen LogP contribution in [0.4, 0.5) is 18.9 Å². The lowest BCUT2D eigenvalue weighted by molar-refractivity contribution is -0.148. The highest BCUT2D eigenvalue weighted by molar-refractivity contribution is 5.95. The zero-order valence-corrected chi connectivity index (χ0v) is 13.9. The van der Waals surface area contributed by atoms with Gasteiger partial charge in [0.1, 0.15) is 5.54 Å². The van der Waals surface area contributed by atoms with Crippen LogP contribution in [0.15, 0.2) is 24.3 Å². The fourth-order valence-electron chi connectivity index (χ4n) is 4.48. The molecule has 1 aromatic carbocycles. The summed E-state index contributed by atoms with van der Waals surface area (Å²) in [4.78, 5) is 35.5. The van der Waals surface area contributed by atoms with Crippen LogP contribution in [-0.4, -0.2) is 33.6 Å². The Balaban J connectivity index is 1.78. The lowest BCUT2D eigenvalue weighted by Crippen LogP contribution is -2.56. The van der Waals surface area contributed by atoms with Crippen molar-refractivity contribution < 1.29 is 37.8 Å². The highest BCUT2D eigenvalue weighted by Gasteiger charge is 2.81. The average Bonchev–Trinajstić information content (AvgIpc) is 3.11. The maximum Gasteiger partial charge on any atom is 0.416 e. The van der Waals surface area contributed by atoms with E-state index in [4.69, 9.17) is 5.73 Å². The average molecular weight is 386 g/mol. The van der Waals surface area contributed by atoms with Gasteiger partial charge >= 0.3 is 18.1 Å². The maximum atomic E-state index is 12.6. The quantitative estimate of drug-likeness (QED) is 0.612. The minimum Gasteiger partial charge on any atom is -0.481 e. The van der Waals surface area contributed by atoms with E-state index >= 15 is 0 Å². The van der Waals surface area contributed by atoms with Crippen LogP contribution < -0.4 is 11.1 Å². The number of aliphatic carboxylic acids is 2.